The number of aliphatic hydroxyl groups is 1. The van der Waals surface area contributed by atoms with Crippen molar-refractivity contribution in [2.24, 2.45) is 0 Å². The normalized spacial score (nSPS) is 12.9. The predicted octanol–water partition coefficient (Wildman–Crippen LogP) is 4.25. The molecule has 0 aliphatic carbocycles. The average Bonchev–Trinajstić information content (AvgIpc) is 2.80. The Labute approximate surface area is 206 Å². The van der Waals surface area contributed by atoms with E-state index in [1.165, 1.54) is 30.0 Å². The van der Waals surface area contributed by atoms with Gasteiger partial charge < -0.3 is 19.9 Å². The molecule has 0 saturated heterocycles. The Bertz CT molecular complexity index is 1120. The number of carbonyl (C=O) groups is 3. The zero-order valence-corrected chi connectivity index (χ0v) is 20.5. The minimum Gasteiger partial charge on any atom is -0.463 e. The van der Waals surface area contributed by atoms with Crippen LogP contribution in [0, 0.1) is 13.8 Å². The van der Waals surface area contributed by atoms with Crippen molar-refractivity contribution < 1.29 is 42.1 Å². The summed E-state index contributed by atoms with van der Waals surface area (Å²) in [6, 6.07) is 4.91. The Kier molecular flexibility index (Phi) is 9.03. The van der Waals surface area contributed by atoms with Gasteiger partial charge in [0.2, 0.25) is 0 Å². The topological polar surface area (TPSA) is 118 Å². The number of hydrogen-bond acceptors (Lipinski definition) is 7. The molecule has 0 aliphatic rings. The number of ether oxygens (including phenoxy) is 2. The van der Waals surface area contributed by atoms with Crippen molar-refractivity contribution in [3.63, 3.8) is 0 Å². The first-order chi connectivity index (χ1) is 16.8. The lowest BCUT2D eigenvalue weighted by Gasteiger charge is -2.29. The number of nitrogens with one attached hydrogen (secondary N) is 1. The smallest absolute Gasteiger partial charge is 0.432 e. The molecular formula is C24H28F3N3O6. The zero-order chi connectivity index (χ0) is 27.3. The van der Waals surface area contributed by atoms with Gasteiger partial charge in [-0.15, -0.1) is 0 Å². The lowest BCUT2D eigenvalue weighted by molar-refractivity contribution is -0.267. The first-order valence-corrected chi connectivity index (χ1v) is 11.1. The van der Waals surface area contributed by atoms with Crippen LogP contribution in [0.4, 0.5) is 29.3 Å². The lowest BCUT2D eigenvalue weighted by atomic mass is 9.93. The van der Waals surface area contributed by atoms with Crippen LogP contribution in [0.3, 0.4) is 0 Å². The summed E-state index contributed by atoms with van der Waals surface area (Å²) >= 11 is 0. The number of pyridine rings is 1. The summed E-state index contributed by atoms with van der Waals surface area (Å²) in [6.45, 7) is 7.80. The fourth-order valence-electron chi connectivity index (χ4n) is 3.41. The first kappa shape index (κ1) is 28.6. The van der Waals surface area contributed by atoms with Crippen LogP contribution in [0.1, 0.15) is 48.1 Å². The number of hydrogen-bond donors (Lipinski definition) is 2. The molecule has 12 heteroatoms. The molecule has 1 aromatic heterocycles. The number of amides is 2. The summed E-state index contributed by atoms with van der Waals surface area (Å²) in [5, 5.41) is 12.9. The highest BCUT2D eigenvalue weighted by Gasteiger charge is 2.62. The van der Waals surface area contributed by atoms with E-state index in [-0.39, 0.29) is 36.7 Å². The van der Waals surface area contributed by atoms with Gasteiger partial charge in [-0.05, 0) is 52.8 Å². The molecule has 2 N–H and O–H groups in total. The van der Waals surface area contributed by atoms with Crippen molar-refractivity contribution in [2.75, 3.05) is 30.0 Å². The largest absolute Gasteiger partial charge is 0.463 e. The Morgan fingerprint density at radius 1 is 1.00 bits per heavy atom. The zero-order valence-electron chi connectivity index (χ0n) is 20.5. The van der Waals surface area contributed by atoms with E-state index < -0.39 is 35.3 Å². The number of alkyl halides is 3. The van der Waals surface area contributed by atoms with Gasteiger partial charge in [0.25, 0.3) is 5.60 Å². The van der Waals surface area contributed by atoms with E-state index in [9.17, 15) is 32.7 Å². The summed E-state index contributed by atoms with van der Waals surface area (Å²) in [4.78, 5) is 42.6. The number of aryl methyl sites for hydroxylation is 2. The van der Waals surface area contributed by atoms with Crippen molar-refractivity contribution >= 4 is 29.3 Å². The molecule has 0 unspecified atom stereocenters. The Balaban J connectivity index is 2.36. The van der Waals surface area contributed by atoms with Crippen LogP contribution < -0.4 is 10.2 Å². The van der Waals surface area contributed by atoms with Crippen LogP contribution in [0.2, 0.25) is 0 Å². The predicted molar refractivity (Wildman–Crippen MR) is 125 cm³/mol. The number of esters is 2. The van der Waals surface area contributed by atoms with E-state index in [2.05, 4.69) is 15.0 Å². The van der Waals surface area contributed by atoms with E-state index in [0.29, 0.717) is 11.4 Å². The molecule has 2 amide bonds. The molecule has 1 atom stereocenters. The minimum absolute atomic E-state index is 0.121. The van der Waals surface area contributed by atoms with Crippen molar-refractivity contribution in [1.29, 1.82) is 0 Å². The van der Waals surface area contributed by atoms with E-state index in [1.54, 1.807) is 27.7 Å². The molecule has 2 aromatic rings. The van der Waals surface area contributed by atoms with Crippen molar-refractivity contribution in [3.8, 4) is 0 Å². The van der Waals surface area contributed by atoms with Gasteiger partial charge in [0.1, 0.15) is 0 Å². The minimum atomic E-state index is -5.34. The number of halogens is 3. The Morgan fingerprint density at radius 2 is 1.58 bits per heavy atom. The van der Waals surface area contributed by atoms with E-state index in [1.807, 2.05) is 0 Å². The molecular weight excluding hydrogens is 483 g/mol. The summed E-state index contributed by atoms with van der Waals surface area (Å²) in [5.41, 5.74) is -3.15. The fourth-order valence-corrected chi connectivity index (χ4v) is 3.41. The number of aromatic nitrogens is 1. The standard InChI is InChI=1S/C24H28F3N3O6/c1-6-30(22(33)29-19-13-18(20(31)35-7-2)14(4)28-15(19)5)17-11-9-16(10-12-17)23(34,24(25,26)27)21(32)36-8-3/h9-13,34H,6-8H2,1-5H3,(H,29,33)/t23-/m1/s1. The third kappa shape index (κ3) is 5.76. The van der Waals surface area contributed by atoms with Gasteiger partial charge in [0.15, 0.2) is 0 Å². The molecule has 0 radical (unpaired) electrons. The highest BCUT2D eigenvalue weighted by molar-refractivity contribution is 6.03. The molecule has 1 aromatic carbocycles. The molecule has 1 heterocycles. The van der Waals surface area contributed by atoms with Crippen LogP contribution >= 0.6 is 0 Å². The molecule has 9 nitrogen and oxygen atoms in total. The Hall–Kier alpha value is -3.67. The second-order valence-electron chi connectivity index (χ2n) is 7.62. The summed E-state index contributed by atoms with van der Waals surface area (Å²) in [7, 11) is 0. The molecule has 0 aliphatic heterocycles. The Morgan fingerprint density at radius 3 is 2.08 bits per heavy atom. The third-order valence-corrected chi connectivity index (χ3v) is 5.28. The van der Waals surface area contributed by atoms with Gasteiger partial charge in [-0.25, -0.2) is 14.4 Å². The number of urea groups is 1. The molecule has 0 spiro atoms. The number of nitrogens with zero attached hydrogens (tertiary/aromatic N) is 2. The molecule has 0 saturated carbocycles. The molecule has 2 rings (SSSR count). The molecule has 196 valence electrons. The molecule has 0 bridgehead atoms. The number of rotatable bonds is 8. The summed E-state index contributed by atoms with van der Waals surface area (Å²) in [5.74, 6) is -2.45. The summed E-state index contributed by atoms with van der Waals surface area (Å²) < 4.78 is 50.2. The van der Waals surface area contributed by atoms with Gasteiger partial charge in [0, 0.05) is 17.8 Å². The second kappa shape index (κ2) is 11.4. The molecule has 0 fully saturated rings. The second-order valence-corrected chi connectivity index (χ2v) is 7.62. The van der Waals surface area contributed by atoms with Gasteiger partial charge in [0.05, 0.1) is 35.9 Å². The molecule has 36 heavy (non-hydrogen) atoms. The SMILES string of the molecule is CCOC(=O)c1cc(NC(=O)N(CC)c2ccc([C@@](O)(C(=O)OCC)C(F)(F)F)cc2)c(C)nc1C. The van der Waals surface area contributed by atoms with Gasteiger partial charge in [-0.1, -0.05) is 12.1 Å². The lowest BCUT2D eigenvalue weighted by Crippen LogP contribution is -2.50. The van der Waals surface area contributed by atoms with Gasteiger partial charge >= 0.3 is 24.1 Å². The van der Waals surface area contributed by atoms with Crippen LogP contribution in [-0.4, -0.2) is 54.0 Å². The van der Waals surface area contributed by atoms with E-state index in [4.69, 9.17) is 4.74 Å². The van der Waals surface area contributed by atoms with Crippen LogP contribution in [-0.2, 0) is 19.9 Å². The maximum absolute atomic E-state index is 13.6. The number of carbonyl (C=O) groups excluding carboxylic acids is 3. The van der Waals surface area contributed by atoms with Crippen molar-refractivity contribution in [2.45, 2.75) is 46.4 Å². The van der Waals surface area contributed by atoms with Crippen LogP contribution in [0.5, 0.6) is 0 Å². The van der Waals surface area contributed by atoms with E-state index >= 15 is 0 Å². The number of benzene rings is 1. The van der Waals surface area contributed by atoms with Gasteiger partial charge in [-0.2, -0.15) is 13.2 Å². The highest BCUT2D eigenvalue weighted by Crippen LogP contribution is 2.40. The third-order valence-electron chi connectivity index (χ3n) is 5.28. The average molecular weight is 511 g/mol. The van der Waals surface area contributed by atoms with Crippen molar-refractivity contribution in [3.05, 3.63) is 52.8 Å². The van der Waals surface area contributed by atoms with Crippen LogP contribution in [0.25, 0.3) is 0 Å². The van der Waals surface area contributed by atoms with Crippen molar-refractivity contribution in [1.82, 2.24) is 4.98 Å². The summed E-state index contributed by atoms with van der Waals surface area (Å²) in [6.07, 6.45) is -5.34. The fraction of sp³-hybridized carbons (Fsp3) is 0.417. The van der Waals surface area contributed by atoms with Gasteiger partial charge in [-0.3, -0.25) is 9.88 Å². The number of anilines is 2. The quantitative estimate of drug-likeness (QED) is 0.509. The van der Waals surface area contributed by atoms with Crippen LogP contribution in [0.15, 0.2) is 30.3 Å². The maximum Gasteiger partial charge on any atom is 0.432 e. The maximum atomic E-state index is 13.6. The van der Waals surface area contributed by atoms with E-state index in [0.717, 1.165) is 12.1 Å². The first-order valence-electron chi connectivity index (χ1n) is 11.1. The highest BCUT2D eigenvalue weighted by atomic mass is 19.4. The monoisotopic (exact) mass is 511 g/mol.